The van der Waals surface area contributed by atoms with Crippen molar-refractivity contribution >= 4 is 11.9 Å². The molecular formula is C16H19NO4. The summed E-state index contributed by atoms with van der Waals surface area (Å²) in [5.41, 5.74) is 1.68. The fraction of sp³-hybridized carbons (Fsp3) is 0.500. The van der Waals surface area contributed by atoms with Crippen LogP contribution < -0.4 is 0 Å². The molecule has 112 valence electrons. The van der Waals surface area contributed by atoms with Gasteiger partial charge >= 0.3 is 5.97 Å². The summed E-state index contributed by atoms with van der Waals surface area (Å²) in [7, 11) is 0. The minimum atomic E-state index is -0.916. The number of ether oxygens (including phenoxy) is 1. The lowest BCUT2D eigenvalue weighted by Crippen LogP contribution is -2.40. The minimum Gasteiger partial charge on any atom is -0.480 e. The molecule has 5 nitrogen and oxygen atoms in total. The molecule has 0 aliphatic carbocycles. The summed E-state index contributed by atoms with van der Waals surface area (Å²) in [5.74, 6) is -0.756. The van der Waals surface area contributed by atoms with E-state index in [0.29, 0.717) is 31.1 Å². The van der Waals surface area contributed by atoms with Crippen LogP contribution in [0.15, 0.2) is 24.3 Å². The van der Waals surface area contributed by atoms with Crippen molar-refractivity contribution in [2.24, 2.45) is 0 Å². The predicted octanol–water partition coefficient (Wildman–Crippen LogP) is 1.88. The van der Waals surface area contributed by atoms with E-state index in [4.69, 9.17) is 4.74 Å². The van der Waals surface area contributed by atoms with Gasteiger partial charge in [0.2, 0.25) is 0 Å². The topological polar surface area (TPSA) is 66.8 Å². The summed E-state index contributed by atoms with van der Waals surface area (Å²) < 4.78 is 5.39. The standard InChI is InChI=1S/C16H19NO4/c18-15(17-7-2-5-14(17)16(19)20)12-4-1-3-11(9-12)13-6-8-21-10-13/h1,3-4,9,13-14H,2,5-8,10H2,(H,19,20). The molecule has 2 saturated heterocycles. The zero-order valence-corrected chi connectivity index (χ0v) is 11.8. The van der Waals surface area contributed by atoms with Gasteiger partial charge in [0.25, 0.3) is 5.91 Å². The van der Waals surface area contributed by atoms with E-state index in [1.165, 1.54) is 4.90 Å². The van der Waals surface area contributed by atoms with Crippen molar-refractivity contribution in [3.05, 3.63) is 35.4 Å². The van der Waals surface area contributed by atoms with Crippen LogP contribution in [0.25, 0.3) is 0 Å². The second kappa shape index (κ2) is 5.85. The summed E-state index contributed by atoms with van der Waals surface area (Å²) >= 11 is 0. The van der Waals surface area contributed by atoms with E-state index in [1.54, 1.807) is 6.07 Å². The normalized spacial score (nSPS) is 25.2. The Bertz CT molecular complexity index is 551. The molecule has 1 aromatic rings. The van der Waals surface area contributed by atoms with Gasteiger partial charge in [0.05, 0.1) is 6.61 Å². The number of carbonyl (C=O) groups is 2. The van der Waals surface area contributed by atoms with Gasteiger partial charge in [-0.05, 0) is 37.0 Å². The molecule has 21 heavy (non-hydrogen) atoms. The number of carbonyl (C=O) groups excluding carboxylic acids is 1. The van der Waals surface area contributed by atoms with E-state index in [0.717, 1.165) is 25.0 Å². The Kier molecular flexibility index (Phi) is 3.92. The Morgan fingerprint density at radius 2 is 2.14 bits per heavy atom. The fourth-order valence-electron chi connectivity index (χ4n) is 3.16. The van der Waals surface area contributed by atoms with E-state index >= 15 is 0 Å². The lowest BCUT2D eigenvalue weighted by Gasteiger charge is -2.22. The average molecular weight is 289 g/mol. The third kappa shape index (κ3) is 2.78. The Labute approximate surface area is 123 Å². The predicted molar refractivity (Wildman–Crippen MR) is 76.3 cm³/mol. The maximum atomic E-state index is 12.6. The Morgan fingerprint density at radius 1 is 1.29 bits per heavy atom. The van der Waals surface area contributed by atoms with Crippen molar-refractivity contribution in [3.63, 3.8) is 0 Å². The van der Waals surface area contributed by atoms with Gasteiger partial charge in [-0.2, -0.15) is 0 Å². The molecule has 2 fully saturated rings. The van der Waals surface area contributed by atoms with Gasteiger partial charge < -0.3 is 14.7 Å². The second-order valence-corrected chi connectivity index (χ2v) is 5.68. The number of rotatable bonds is 3. The Morgan fingerprint density at radius 3 is 2.86 bits per heavy atom. The molecule has 1 amide bonds. The number of likely N-dealkylation sites (tertiary alicyclic amines) is 1. The van der Waals surface area contributed by atoms with Crippen molar-refractivity contribution < 1.29 is 19.4 Å². The quantitative estimate of drug-likeness (QED) is 0.922. The molecule has 0 bridgehead atoms. The molecule has 2 aliphatic rings. The monoisotopic (exact) mass is 289 g/mol. The Hall–Kier alpha value is -1.88. The highest BCUT2D eigenvalue weighted by molar-refractivity contribution is 5.97. The molecule has 1 aromatic carbocycles. The van der Waals surface area contributed by atoms with Gasteiger partial charge in [-0.25, -0.2) is 4.79 Å². The van der Waals surface area contributed by atoms with Crippen LogP contribution in [-0.4, -0.2) is 47.7 Å². The SMILES string of the molecule is O=C(O)C1CCCN1C(=O)c1cccc(C2CCOC2)c1. The summed E-state index contributed by atoms with van der Waals surface area (Å²) in [6.45, 7) is 1.97. The number of benzene rings is 1. The second-order valence-electron chi connectivity index (χ2n) is 5.68. The lowest BCUT2D eigenvalue weighted by atomic mass is 9.96. The first-order valence-electron chi connectivity index (χ1n) is 7.38. The molecule has 0 saturated carbocycles. The smallest absolute Gasteiger partial charge is 0.326 e. The third-order valence-electron chi connectivity index (χ3n) is 4.33. The van der Waals surface area contributed by atoms with Crippen LogP contribution in [0.2, 0.25) is 0 Å². The van der Waals surface area contributed by atoms with E-state index in [1.807, 2.05) is 18.2 Å². The van der Waals surface area contributed by atoms with Crippen LogP contribution >= 0.6 is 0 Å². The van der Waals surface area contributed by atoms with Gasteiger partial charge in [0, 0.05) is 24.6 Å². The number of hydrogen-bond acceptors (Lipinski definition) is 3. The molecule has 0 radical (unpaired) electrons. The van der Waals surface area contributed by atoms with Crippen LogP contribution in [0, 0.1) is 0 Å². The maximum Gasteiger partial charge on any atom is 0.326 e. The molecule has 2 atom stereocenters. The number of nitrogens with zero attached hydrogens (tertiary/aromatic N) is 1. The zero-order chi connectivity index (χ0) is 14.8. The van der Waals surface area contributed by atoms with Crippen LogP contribution in [0.1, 0.15) is 41.1 Å². The first-order chi connectivity index (χ1) is 10.2. The lowest BCUT2D eigenvalue weighted by molar-refractivity contribution is -0.141. The molecular weight excluding hydrogens is 270 g/mol. The van der Waals surface area contributed by atoms with Crippen LogP contribution in [0.4, 0.5) is 0 Å². The molecule has 2 unspecified atom stereocenters. The number of hydrogen-bond donors (Lipinski definition) is 1. The molecule has 2 aliphatic heterocycles. The van der Waals surface area contributed by atoms with Gasteiger partial charge in [0.15, 0.2) is 0 Å². The van der Waals surface area contributed by atoms with Crippen LogP contribution in [0.5, 0.6) is 0 Å². The van der Waals surface area contributed by atoms with Crippen molar-refractivity contribution in [3.8, 4) is 0 Å². The maximum absolute atomic E-state index is 12.6. The van der Waals surface area contributed by atoms with Crippen molar-refractivity contribution in [2.45, 2.75) is 31.2 Å². The average Bonchev–Trinajstić information content (AvgIpc) is 3.17. The first-order valence-corrected chi connectivity index (χ1v) is 7.38. The van der Waals surface area contributed by atoms with Gasteiger partial charge in [-0.15, -0.1) is 0 Å². The van der Waals surface area contributed by atoms with E-state index in [9.17, 15) is 14.7 Å². The zero-order valence-electron chi connectivity index (χ0n) is 11.8. The third-order valence-corrected chi connectivity index (χ3v) is 4.33. The molecule has 0 spiro atoms. The molecule has 3 rings (SSSR count). The minimum absolute atomic E-state index is 0.180. The van der Waals surface area contributed by atoms with Gasteiger partial charge in [-0.3, -0.25) is 4.79 Å². The number of aliphatic carboxylic acids is 1. The van der Waals surface area contributed by atoms with Gasteiger partial charge in [-0.1, -0.05) is 12.1 Å². The molecule has 1 N–H and O–H groups in total. The molecule has 2 heterocycles. The first kappa shape index (κ1) is 14.1. The van der Waals surface area contributed by atoms with Gasteiger partial charge in [0.1, 0.15) is 6.04 Å². The van der Waals surface area contributed by atoms with Crippen molar-refractivity contribution in [1.29, 1.82) is 0 Å². The van der Waals surface area contributed by atoms with Crippen LogP contribution in [-0.2, 0) is 9.53 Å². The number of amides is 1. The molecule has 0 aromatic heterocycles. The van der Waals surface area contributed by atoms with Crippen LogP contribution in [0.3, 0.4) is 0 Å². The number of carboxylic acid groups (broad SMARTS) is 1. The fourth-order valence-corrected chi connectivity index (χ4v) is 3.16. The van der Waals surface area contributed by atoms with Crippen molar-refractivity contribution in [1.82, 2.24) is 4.90 Å². The van der Waals surface area contributed by atoms with E-state index in [2.05, 4.69) is 0 Å². The van der Waals surface area contributed by atoms with E-state index in [-0.39, 0.29) is 5.91 Å². The highest BCUT2D eigenvalue weighted by Gasteiger charge is 2.34. The highest BCUT2D eigenvalue weighted by Crippen LogP contribution is 2.27. The largest absolute Gasteiger partial charge is 0.480 e. The highest BCUT2D eigenvalue weighted by atomic mass is 16.5. The Balaban J connectivity index is 1.81. The van der Waals surface area contributed by atoms with E-state index < -0.39 is 12.0 Å². The number of carboxylic acids is 1. The summed E-state index contributed by atoms with van der Waals surface area (Å²) in [6.07, 6.45) is 2.26. The molecule has 5 heteroatoms. The summed E-state index contributed by atoms with van der Waals surface area (Å²) in [4.78, 5) is 25.3. The summed E-state index contributed by atoms with van der Waals surface area (Å²) in [5, 5.41) is 9.20. The summed E-state index contributed by atoms with van der Waals surface area (Å²) in [6, 6.07) is 6.84. The van der Waals surface area contributed by atoms with Crippen molar-refractivity contribution in [2.75, 3.05) is 19.8 Å².